The molecule has 0 aliphatic rings. The van der Waals surface area contributed by atoms with Crippen molar-refractivity contribution in [3.8, 4) is 0 Å². The number of aliphatic hydroxyl groups excluding tert-OH is 1. The summed E-state index contributed by atoms with van der Waals surface area (Å²) in [7, 11) is 1.37. The van der Waals surface area contributed by atoms with Crippen molar-refractivity contribution in [1.29, 1.82) is 0 Å². The molecule has 0 saturated carbocycles. The average Bonchev–Trinajstić information content (AvgIpc) is 2.26. The zero-order valence-corrected chi connectivity index (χ0v) is 8.21. The number of non-ortho nitro benzene ring substituents is 1. The lowest BCUT2D eigenvalue weighted by Gasteiger charge is -2.10. The molecule has 0 amide bonds. The third-order valence-electron chi connectivity index (χ3n) is 1.81. The lowest BCUT2D eigenvalue weighted by Crippen LogP contribution is -2.20. The van der Waals surface area contributed by atoms with Gasteiger partial charge in [-0.05, 0) is 6.07 Å². The van der Waals surface area contributed by atoms with Crippen molar-refractivity contribution in [2.45, 2.75) is 6.29 Å². The number of nitro groups is 1. The molecule has 0 saturated heterocycles. The van der Waals surface area contributed by atoms with Crippen LogP contribution < -0.4 is 5.32 Å². The maximum atomic E-state index is 10.5. The molecule has 0 fully saturated rings. The monoisotopic (exact) mass is 212 g/mol. The van der Waals surface area contributed by atoms with Crippen molar-refractivity contribution in [2.24, 2.45) is 0 Å². The van der Waals surface area contributed by atoms with Crippen LogP contribution in [0, 0.1) is 10.1 Å². The van der Waals surface area contributed by atoms with E-state index in [1.165, 1.54) is 19.2 Å². The molecule has 82 valence electrons. The van der Waals surface area contributed by atoms with Gasteiger partial charge in [-0.3, -0.25) is 10.1 Å². The van der Waals surface area contributed by atoms with E-state index in [2.05, 4.69) is 10.1 Å². The Morgan fingerprint density at radius 2 is 2.40 bits per heavy atom. The Hall–Kier alpha value is -1.66. The Morgan fingerprint density at radius 3 is 3.00 bits per heavy atom. The quantitative estimate of drug-likeness (QED) is 0.431. The third kappa shape index (κ3) is 3.53. The maximum Gasteiger partial charge on any atom is 0.271 e. The SMILES string of the molecule is COC(O)CNc1cccc([N+](=O)[O-])c1. The van der Waals surface area contributed by atoms with Gasteiger partial charge in [-0.2, -0.15) is 0 Å². The van der Waals surface area contributed by atoms with Gasteiger partial charge in [0.25, 0.3) is 5.69 Å². The fourth-order valence-electron chi connectivity index (χ4n) is 1.02. The van der Waals surface area contributed by atoms with E-state index in [1.54, 1.807) is 12.1 Å². The van der Waals surface area contributed by atoms with Gasteiger partial charge in [0.15, 0.2) is 6.29 Å². The minimum atomic E-state index is -0.927. The van der Waals surface area contributed by atoms with E-state index >= 15 is 0 Å². The predicted octanol–water partition coefficient (Wildman–Crippen LogP) is 0.972. The van der Waals surface area contributed by atoms with Crippen LogP contribution in [0.4, 0.5) is 11.4 Å². The Morgan fingerprint density at radius 1 is 1.67 bits per heavy atom. The Balaban J connectivity index is 2.62. The summed E-state index contributed by atoms with van der Waals surface area (Å²) in [6.45, 7) is 0.178. The molecule has 1 rings (SSSR count). The molecule has 0 aliphatic carbocycles. The first-order valence-corrected chi connectivity index (χ1v) is 4.32. The smallest absolute Gasteiger partial charge is 0.271 e. The molecule has 1 aromatic carbocycles. The Bertz CT molecular complexity index is 343. The van der Waals surface area contributed by atoms with Crippen LogP contribution in [0.5, 0.6) is 0 Å². The highest BCUT2D eigenvalue weighted by molar-refractivity contribution is 5.50. The van der Waals surface area contributed by atoms with Crippen molar-refractivity contribution in [2.75, 3.05) is 19.0 Å². The van der Waals surface area contributed by atoms with E-state index in [4.69, 9.17) is 5.11 Å². The van der Waals surface area contributed by atoms with Gasteiger partial charge in [0, 0.05) is 24.9 Å². The van der Waals surface area contributed by atoms with Gasteiger partial charge in [0.2, 0.25) is 0 Å². The number of hydrogen-bond donors (Lipinski definition) is 2. The number of anilines is 1. The first-order valence-electron chi connectivity index (χ1n) is 4.32. The average molecular weight is 212 g/mol. The van der Waals surface area contributed by atoms with Gasteiger partial charge in [-0.15, -0.1) is 0 Å². The number of rotatable bonds is 5. The van der Waals surface area contributed by atoms with Crippen molar-refractivity contribution in [1.82, 2.24) is 0 Å². The highest BCUT2D eigenvalue weighted by Crippen LogP contribution is 2.16. The molecule has 2 N–H and O–H groups in total. The Labute approximate surface area is 86.6 Å². The molecule has 1 unspecified atom stereocenters. The van der Waals surface area contributed by atoms with Crippen LogP contribution >= 0.6 is 0 Å². The van der Waals surface area contributed by atoms with E-state index in [9.17, 15) is 10.1 Å². The van der Waals surface area contributed by atoms with Gasteiger partial charge in [-0.1, -0.05) is 6.07 Å². The number of ether oxygens (including phenoxy) is 1. The van der Waals surface area contributed by atoms with Crippen LogP contribution in [0.15, 0.2) is 24.3 Å². The number of nitrogens with one attached hydrogen (secondary N) is 1. The second kappa shape index (κ2) is 5.28. The molecule has 0 bridgehead atoms. The van der Waals surface area contributed by atoms with Crippen molar-refractivity contribution in [3.05, 3.63) is 34.4 Å². The summed E-state index contributed by atoms with van der Waals surface area (Å²) in [5.74, 6) is 0. The van der Waals surface area contributed by atoms with Crippen LogP contribution in [0.25, 0.3) is 0 Å². The van der Waals surface area contributed by atoms with Crippen LogP contribution in [-0.2, 0) is 4.74 Å². The number of hydrogen-bond acceptors (Lipinski definition) is 5. The number of benzene rings is 1. The zero-order valence-electron chi connectivity index (χ0n) is 8.21. The van der Waals surface area contributed by atoms with Gasteiger partial charge < -0.3 is 15.2 Å². The summed E-state index contributed by atoms with van der Waals surface area (Å²) < 4.78 is 4.61. The van der Waals surface area contributed by atoms with E-state index in [0.717, 1.165) is 0 Å². The normalized spacial score (nSPS) is 12.1. The number of methoxy groups -OCH3 is 1. The molecule has 0 spiro atoms. The fourth-order valence-corrected chi connectivity index (χ4v) is 1.02. The molecule has 1 atom stereocenters. The summed E-state index contributed by atoms with van der Waals surface area (Å²) in [5.41, 5.74) is 0.576. The molecule has 0 aliphatic heterocycles. The highest BCUT2D eigenvalue weighted by Gasteiger charge is 2.06. The van der Waals surface area contributed by atoms with Crippen molar-refractivity contribution < 1.29 is 14.8 Å². The lowest BCUT2D eigenvalue weighted by atomic mass is 10.3. The molecule has 0 radical (unpaired) electrons. The topological polar surface area (TPSA) is 84.6 Å². The third-order valence-corrected chi connectivity index (χ3v) is 1.81. The second-order valence-corrected chi connectivity index (χ2v) is 2.88. The zero-order chi connectivity index (χ0) is 11.3. The number of nitrogens with zero attached hydrogens (tertiary/aromatic N) is 1. The summed E-state index contributed by atoms with van der Waals surface area (Å²) in [5, 5.41) is 22.3. The summed E-state index contributed by atoms with van der Waals surface area (Å²) >= 11 is 0. The van der Waals surface area contributed by atoms with E-state index in [-0.39, 0.29) is 12.2 Å². The summed E-state index contributed by atoms with van der Waals surface area (Å²) in [6.07, 6.45) is -0.927. The summed E-state index contributed by atoms with van der Waals surface area (Å²) in [6, 6.07) is 6.04. The van der Waals surface area contributed by atoms with E-state index in [0.29, 0.717) is 5.69 Å². The molecule has 6 nitrogen and oxygen atoms in total. The van der Waals surface area contributed by atoms with E-state index in [1.807, 2.05) is 0 Å². The predicted molar refractivity (Wildman–Crippen MR) is 54.6 cm³/mol. The highest BCUT2D eigenvalue weighted by atomic mass is 16.6. The van der Waals surface area contributed by atoms with Crippen LogP contribution in [0.1, 0.15) is 0 Å². The van der Waals surface area contributed by atoms with Gasteiger partial charge in [0.1, 0.15) is 0 Å². The van der Waals surface area contributed by atoms with Gasteiger partial charge in [-0.25, -0.2) is 0 Å². The minimum Gasteiger partial charge on any atom is -0.380 e. The van der Waals surface area contributed by atoms with Crippen LogP contribution in [-0.4, -0.2) is 30.0 Å². The molecular formula is C9H12N2O4. The molecule has 15 heavy (non-hydrogen) atoms. The second-order valence-electron chi connectivity index (χ2n) is 2.88. The molecule has 6 heteroatoms. The van der Waals surface area contributed by atoms with Gasteiger partial charge in [0.05, 0.1) is 11.5 Å². The maximum absolute atomic E-state index is 10.5. The molecular weight excluding hydrogens is 200 g/mol. The van der Waals surface area contributed by atoms with Crippen LogP contribution in [0.2, 0.25) is 0 Å². The number of aliphatic hydroxyl groups is 1. The van der Waals surface area contributed by atoms with Crippen molar-refractivity contribution >= 4 is 11.4 Å². The molecule has 1 aromatic rings. The first kappa shape index (κ1) is 11.4. The Kier molecular flexibility index (Phi) is 4.02. The van der Waals surface area contributed by atoms with Gasteiger partial charge >= 0.3 is 0 Å². The largest absolute Gasteiger partial charge is 0.380 e. The van der Waals surface area contributed by atoms with E-state index < -0.39 is 11.2 Å². The lowest BCUT2D eigenvalue weighted by molar-refractivity contribution is -0.384. The standard InChI is InChI=1S/C9H12N2O4/c1-15-9(12)6-10-7-3-2-4-8(5-7)11(13)14/h2-5,9-10,12H,6H2,1H3. The fraction of sp³-hybridized carbons (Fsp3) is 0.333. The summed E-state index contributed by atoms with van der Waals surface area (Å²) in [4.78, 5) is 9.98. The van der Waals surface area contributed by atoms with Crippen LogP contribution in [0.3, 0.4) is 0 Å². The molecule has 0 heterocycles. The minimum absolute atomic E-state index is 0.00640. The molecule has 0 aromatic heterocycles. The number of nitro benzene ring substituents is 1. The van der Waals surface area contributed by atoms with Crippen molar-refractivity contribution in [3.63, 3.8) is 0 Å². The first-order chi connectivity index (χ1) is 7.13.